The molecule has 0 aromatic rings. The van der Waals surface area contributed by atoms with Crippen molar-refractivity contribution in [3.05, 3.63) is 0 Å². The van der Waals surface area contributed by atoms with Crippen LogP contribution in [0.3, 0.4) is 0 Å². The fraction of sp³-hybridized carbons (Fsp3) is 0.900. The molecule has 0 unspecified atom stereocenters. The molecule has 0 bridgehead atoms. The van der Waals surface area contributed by atoms with Crippen LogP contribution in [-0.2, 0) is 9.53 Å². The van der Waals surface area contributed by atoms with Gasteiger partial charge in [-0.1, -0.05) is 27.7 Å². The second kappa shape index (κ2) is 4.48. The summed E-state index contributed by atoms with van der Waals surface area (Å²) in [5.74, 6) is -0.0580. The Morgan fingerprint density at radius 1 is 1.42 bits per heavy atom. The first kappa shape index (κ1) is 11.5. The van der Waals surface area contributed by atoms with E-state index >= 15 is 0 Å². The molecule has 0 N–H and O–H groups in total. The molecule has 0 aliphatic rings. The lowest BCUT2D eigenvalue weighted by Crippen LogP contribution is -2.20. The quantitative estimate of drug-likeness (QED) is 0.612. The van der Waals surface area contributed by atoms with Gasteiger partial charge in [0.1, 0.15) is 0 Å². The highest BCUT2D eigenvalue weighted by Gasteiger charge is 2.21. The summed E-state index contributed by atoms with van der Waals surface area (Å²) in [5.41, 5.74) is 0.201. The Bertz CT molecular complexity index is 144. The molecule has 0 aromatic heterocycles. The van der Waals surface area contributed by atoms with Crippen molar-refractivity contribution in [2.45, 2.75) is 41.0 Å². The third-order valence-corrected chi connectivity index (χ3v) is 1.61. The van der Waals surface area contributed by atoms with Gasteiger partial charge in [0.05, 0.1) is 12.5 Å². The van der Waals surface area contributed by atoms with Gasteiger partial charge >= 0.3 is 5.97 Å². The first-order valence-corrected chi connectivity index (χ1v) is 4.53. The van der Waals surface area contributed by atoms with E-state index in [1.54, 1.807) is 0 Å². The van der Waals surface area contributed by atoms with Gasteiger partial charge in [-0.15, -0.1) is 0 Å². The number of hydrogen-bond donors (Lipinski definition) is 0. The van der Waals surface area contributed by atoms with Crippen molar-refractivity contribution in [1.29, 1.82) is 0 Å². The zero-order chi connectivity index (χ0) is 9.78. The van der Waals surface area contributed by atoms with Gasteiger partial charge in [0.15, 0.2) is 0 Å². The zero-order valence-electron chi connectivity index (χ0n) is 8.81. The van der Waals surface area contributed by atoms with Crippen molar-refractivity contribution >= 4 is 5.97 Å². The summed E-state index contributed by atoms with van der Waals surface area (Å²) in [6.45, 7) is 10.6. The maximum atomic E-state index is 11.2. The molecule has 1 atom stereocenters. The molecule has 2 nitrogen and oxygen atoms in total. The second-order valence-corrected chi connectivity index (χ2v) is 4.42. The summed E-state index contributed by atoms with van der Waals surface area (Å²) in [7, 11) is 0. The summed E-state index contributed by atoms with van der Waals surface area (Å²) < 4.78 is 4.91. The third-order valence-electron chi connectivity index (χ3n) is 1.61. The molecule has 0 aliphatic heterocycles. The van der Waals surface area contributed by atoms with Crippen molar-refractivity contribution < 1.29 is 9.53 Å². The van der Waals surface area contributed by atoms with Crippen molar-refractivity contribution in [2.24, 2.45) is 11.3 Å². The van der Waals surface area contributed by atoms with Crippen LogP contribution in [-0.4, -0.2) is 12.6 Å². The van der Waals surface area contributed by atoms with Crippen LogP contribution in [0.4, 0.5) is 0 Å². The lowest BCUT2D eigenvalue weighted by Gasteiger charge is -2.21. The molecule has 0 saturated heterocycles. The summed E-state index contributed by atoms with van der Waals surface area (Å²) in [4.78, 5) is 11.2. The number of ether oxygens (including phenoxy) is 1. The highest BCUT2D eigenvalue weighted by molar-refractivity contribution is 5.71. The SMILES string of the molecule is CCOC(=O)[C@@H](C)CC(C)(C)C. The highest BCUT2D eigenvalue weighted by atomic mass is 16.5. The molecule has 0 heterocycles. The fourth-order valence-electron chi connectivity index (χ4n) is 1.29. The maximum absolute atomic E-state index is 11.2. The van der Waals surface area contributed by atoms with E-state index in [1.165, 1.54) is 0 Å². The largest absolute Gasteiger partial charge is 0.466 e. The summed E-state index contributed by atoms with van der Waals surface area (Å²) in [5, 5.41) is 0. The van der Waals surface area contributed by atoms with E-state index < -0.39 is 0 Å². The Kier molecular flexibility index (Phi) is 4.29. The van der Waals surface area contributed by atoms with Crippen LogP contribution in [0.25, 0.3) is 0 Å². The van der Waals surface area contributed by atoms with Gasteiger partial charge in [-0.2, -0.15) is 0 Å². The van der Waals surface area contributed by atoms with Crippen LogP contribution < -0.4 is 0 Å². The fourth-order valence-corrected chi connectivity index (χ4v) is 1.29. The minimum absolute atomic E-state index is 0.0185. The van der Waals surface area contributed by atoms with E-state index in [2.05, 4.69) is 20.8 Å². The molecular formula is C10H20O2. The summed E-state index contributed by atoms with van der Waals surface area (Å²) in [6.07, 6.45) is 0.881. The van der Waals surface area contributed by atoms with E-state index in [0.29, 0.717) is 6.61 Å². The van der Waals surface area contributed by atoms with Crippen molar-refractivity contribution in [3.63, 3.8) is 0 Å². The first-order valence-electron chi connectivity index (χ1n) is 4.53. The molecule has 2 heteroatoms. The van der Waals surface area contributed by atoms with E-state index in [9.17, 15) is 4.79 Å². The van der Waals surface area contributed by atoms with Crippen LogP contribution in [0.5, 0.6) is 0 Å². The van der Waals surface area contributed by atoms with E-state index in [4.69, 9.17) is 4.74 Å². The van der Waals surface area contributed by atoms with Gasteiger partial charge in [-0.05, 0) is 18.8 Å². The van der Waals surface area contributed by atoms with Crippen LogP contribution in [0.2, 0.25) is 0 Å². The summed E-state index contributed by atoms with van der Waals surface area (Å²) >= 11 is 0. The lowest BCUT2D eigenvalue weighted by atomic mass is 9.85. The van der Waals surface area contributed by atoms with E-state index in [1.807, 2.05) is 13.8 Å². The smallest absolute Gasteiger partial charge is 0.308 e. The second-order valence-electron chi connectivity index (χ2n) is 4.42. The minimum atomic E-state index is -0.0765. The Balaban J connectivity index is 3.87. The molecule has 0 spiro atoms. The number of carbonyl (C=O) groups is 1. The number of carbonyl (C=O) groups excluding carboxylic acids is 1. The van der Waals surface area contributed by atoms with E-state index in [-0.39, 0.29) is 17.3 Å². The van der Waals surface area contributed by atoms with Crippen molar-refractivity contribution in [1.82, 2.24) is 0 Å². The predicted molar refractivity (Wildman–Crippen MR) is 49.9 cm³/mol. The molecule has 0 aliphatic carbocycles. The van der Waals surface area contributed by atoms with Gasteiger partial charge in [0.2, 0.25) is 0 Å². The van der Waals surface area contributed by atoms with Gasteiger partial charge in [0.25, 0.3) is 0 Å². The Morgan fingerprint density at radius 3 is 2.25 bits per heavy atom. The standard InChI is InChI=1S/C10H20O2/c1-6-12-9(11)8(2)7-10(3,4)5/h8H,6-7H2,1-5H3/t8-/m0/s1. The number of rotatable bonds is 3. The topological polar surface area (TPSA) is 26.3 Å². The average Bonchev–Trinajstić information content (AvgIpc) is 1.84. The van der Waals surface area contributed by atoms with Gasteiger partial charge < -0.3 is 4.74 Å². The molecule has 0 radical (unpaired) electrons. The normalized spacial score (nSPS) is 14.1. The first-order chi connectivity index (χ1) is 5.37. The minimum Gasteiger partial charge on any atom is -0.466 e. The Labute approximate surface area is 75.3 Å². The molecular weight excluding hydrogens is 152 g/mol. The van der Waals surface area contributed by atoms with Crippen LogP contribution in [0.15, 0.2) is 0 Å². The Hall–Kier alpha value is -0.530. The van der Waals surface area contributed by atoms with Crippen LogP contribution in [0.1, 0.15) is 41.0 Å². The number of esters is 1. The molecule has 12 heavy (non-hydrogen) atoms. The third kappa shape index (κ3) is 5.16. The van der Waals surface area contributed by atoms with Crippen molar-refractivity contribution in [2.75, 3.05) is 6.61 Å². The van der Waals surface area contributed by atoms with Gasteiger partial charge in [-0.3, -0.25) is 4.79 Å². The van der Waals surface area contributed by atoms with Gasteiger partial charge in [-0.25, -0.2) is 0 Å². The average molecular weight is 172 g/mol. The highest BCUT2D eigenvalue weighted by Crippen LogP contribution is 2.24. The number of hydrogen-bond acceptors (Lipinski definition) is 2. The molecule has 0 rings (SSSR count). The van der Waals surface area contributed by atoms with Gasteiger partial charge in [0, 0.05) is 0 Å². The molecule has 0 saturated carbocycles. The molecule has 72 valence electrons. The molecule has 0 aromatic carbocycles. The molecule has 0 amide bonds. The Morgan fingerprint density at radius 2 is 1.92 bits per heavy atom. The zero-order valence-corrected chi connectivity index (χ0v) is 8.81. The maximum Gasteiger partial charge on any atom is 0.308 e. The van der Waals surface area contributed by atoms with Crippen LogP contribution >= 0.6 is 0 Å². The summed E-state index contributed by atoms with van der Waals surface area (Å²) in [6, 6.07) is 0. The van der Waals surface area contributed by atoms with Crippen LogP contribution in [0, 0.1) is 11.3 Å². The van der Waals surface area contributed by atoms with E-state index in [0.717, 1.165) is 6.42 Å². The predicted octanol–water partition coefficient (Wildman–Crippen LogP) is 2.62. The molecule has 0 fully saturated rings. The monoisotopic (exact) mass is 172 g/mol. The van der Waals surface area contributed by atoms with Crippen molar-refractivity contribution in [3.8, 4) is 0 Å². The lowest BCUT2D eigenvalue weighted by molar-refractivity contribution is -0.148.